The van der Waals surface area contributed by atoms with Crippen LogP contribution in [0.1, 0.15) is 46.0 Å². The van der Waals surface area contributed by atoms with Crippen LogP contribution in [-0.2, 0) is 0 Å². The minimum atomic E-state index is 0.351. The van der Waals surface area contributed by atoms with Crippen molar-refractivity contribution in [2.24, 2.45) is 17.8 Å². The van der Waals surface area contributed by atoms with Crippen molar-refractivity contribution in [2.75, 3.05) is 12.3 Å². The van der Waals surface area contributed by atoms with Crippen molar-refractivity contribution >= 4 is 7.92 Å². The van der Waals surface area contributed by atoms with Crippen LogP contribution in [0.3, 0.4) is 0 Å². The molecule has 5 unspecified atom stereocenters. The van der Waals surface area contributed by atoms with Crippen LogP contribution in [0.4, 0.5) is 0 Å². The zero-order chi connectivity index (χ0) is 11.5. The van der Waals surface area contributed by atoms with Crippen LogP contribution in [0.5, 0.6) is 0 Å². The SMILES string of the molecule is C=CCCCP1CC(C)C2CCC(C)C1C2. The van der Waals surface area contributed by atoms with Crippen molar-refractivity contribution in [3.05, 3.63) is 12.7 Å². The average Bonchev–Trinajstić information content (AvgIpc) is 2.28. The highest BCUT2D eigenvalue weighted by molar-refractivity contribution is 7.58. The molecule has 0 spiro atoms. The standard InChI is InChI=1S/C15H27P/c1-4-5-6-9-16-11-13(3)14-8-7-12(2)15(16)10-14/h4,12-15H,1,5-11H2,2-3H3. The molecule has 0 amide bonds. The maximum Gasteiger partial charge on any atom is -0.0181 e. The Balaban J connectivity index is 1.92. The quantitative estimate of drug-likeness (QED) is 0.371. The van der Waals surface area contributed by atoms with Gasteiger partial charge in [0.05, 0.1) is 0 Å². The van der Waals surface area contributed by atoms with Gasteiger partial charge >= 0.3 is 0 Å². The van der Waals surface area contributed by atoms with Gasteiger partial charge in [-0.25, -0.2) is 0 Å². The first-order valence-electron chi connectivity index (χ1n) is 7.07. The Bertz CT molecular complexity index is 236. The molecule has 0 radical (unpaired) electrons. The molecular weight excluding hydrogens is 211 g/mol. The van der Waals surface area contributed by atoms with Crippen molar-refractivity contribution in [1.82, 2.24) is 0 Å². The lowest BCUT2D eigenvalue weighted by Crippen LogP contribution is -2.37. The Morgan fingerprint density at radius 2 is 2.06 bits per heavy atom. The van der Waals surface area contributed by atoms with Gasteiger partial charge in [0.1, 0.15) is 0 Å². The van der Waals surface area contributed by atoms with Crippen LogP contribution in [0, 0.1) is 17.8 Å². The Hall–Kier alpha value is 0.170. The summed E-state index contributed by atoms with van der Waals surface area (Å²) < 4.78 is 0. The van der Waals surface area contributed by atoms with E-state index in [1.54, 1.807) is 12.6 Å². The summed E-state index contributed by atoms with van der Waals surface area (Å²) in [6.07, 6.45) is 12.4. The molecule has 0 aromatic rings. The fourth-order valence-electron chi connectivity index (χ4n) is 3.71. The normalized spacial score (nSPS) is 43.0. The number of fused-ring (bicyclic) bond motifs is 2. The van der Waals surface area contributed by atoms with Gasteiger partial charge < -0.3 is 0 Å². The summed E-state index contributed by atoms with van der Waals surface area (Å²) in [6, 6.07) is 0. The van der Waals surface area contributed by atoms with Gasteiger partial charge in [0.15, 0.2) is 0 Å². The van der Waals surface area contributed by atoms with E-state index in [2.05, 4.69) is 26.5 Å². The molecule has 2 aliphatic rings. The molecular formula is C15H27P. The summed E-state index contributed by atoms with van der Waals surface area (Å²) in [5, 5.41) is 0. The van der Waals surface area contributed by atoms with E-state index in [0.717, 1.165) is 23.4 Å². The van der Waals surface area contributed by atoms with Crippen molar-refractivity contribution < 1.29 is 0 Å². The Morgan fingerprint density at radius 1 is 1.25 bits per heavy atom. The molecule has 1 aliphatic carbocycles. The van der Waals surface area contributed by atoms with Crippen LogP contribution < -0.4 is 0 Å². The maximum absolute atomic E-state index is 3.84. The summed E-state index contributed by atoms with van der Waals surface area (Å²) in [5.41, 5.74) is 1.12. The van der Waals surface area contributed by atoms with E-state index in [4.69, 9.17) is 0 Å². The molecule has 1 saturated heterocycles. The van der Waals surface area contributed by atoms with E-state index in [9.17, 15) is 0 Å². The molecule has 5 atom stereocenters. The summed E-state index contributed by atoms with van der Waals surface area (Å²) in [7, 11) is 0.351. The molecule has 1 heterocycles. The molecule has 0 N–H and O–H groups in total. The van der Waals surface area contributed by atoms with Gasteiger partial charge in [-0.3, -0.25) is 0 Å². The first kappa shape index (κ1) is 12.6. The zero-order valence-corrected chi connectivity index (χ0v) is 11.9. The Labute approximate surface area is 103 Å². The highest BCUT2D eigenvalue weighted by Gasteiger charge is 2.39. The van der Waals surface area contributed by atoms with Gasteiger partial charge in [0, 0.05) is 0 Å². The molecule has 92 valence electrons. The topological polar surface area (TPSA) is 0 Å². The second-order valence-corrected chi connectivity index (χ2v) is 8.67. The van der Waals surface area contributed by atoms with Crippen LogP contribution in [0.2, 0.25) is 0 Å². The first-order chi connectivity index (χ1) is 7.72. The predicted molar refractivity (Wildman–Crippen MR) is 75.5 cm³/mol. The molecule has 1 aliphatic heterocycles. The lowest BCUT2D eigenvalue weighted by atomic mass is 9.76. The highest BCUT2D eigenvalue weighted by atomic mass is 31.1. The van der Waals surface area contributed by atoms with Crippen LogP contribution in [0.25, 0.3) is 0 Å². The second-order valence-electron chi connectivity index (χ2n) is 6.02. The van der Waals surface area contributed by atoms with Gasteiger partial charge in [0.2, 0.25) is 0 Å². The average molecular weight is 238 g/mol. The number of rotatable bonds is 4. The van der Waals surface area contributed by atoms with Crippen LogP contribution >= 0.6 is 7.92 Å². The minimum Gasteiger partial charge on any atom is -0.103 e. The Kier molecular flexibility index (Phi) is 4.48. The second kappa shape index (κ2) is 5.67. The molecule has 16 heavy (non-hydrogen) atoms. The lowest BCUT2D eigenvalue weighted by molar-refractivity contribution is 0.226. The maximum atomic E-state index is 3.84. The van der Waals surface area contributed by atoms with Gasteiger partial charge in [-0.05, 0) is 67.8 Å². The molecule has 0 nitrogen and oxygen atoms in total. The highest BCUT2D eigenvalue weighted by Crippen LogP contribution is 2.58. The van der Waals surface area contributed by atoms with Crippen LogP contribution in [-0.4, -0.2) is 18.0 Å². The molecule has 1 saturated carbocycles. The third kappa shape index (κ3) is 2.70. The smallest absolute Gasteiger partial charge is 0.0181 e. The number of allylic oxidation sites excluding steroid dienone is 1. The van der Waals surface area contributed by atoms with Crippen LogP contribution in [0.15, 0.2) is 12.7 Å². The molecule has 0 aromatic carbocycles. The number of hydrogen-bond acceptors (Lipinski definition) is 0. The third-order valence-electron chi connectivity index (χ3n) is 4.84. The van der Waals surface area contributed by atoms with Crippen molar-refractivity contribution in [1.29, 1.82) is 0 Å². The van der Waals surface area contributed by atoms with Crippen molar-refractivity contribution in [2.45, 2.75) is 51.6 Å². The monoisotopic (exact) mass is 238 g/mol. The van der Waals surface area contributed by atoms with Crippen molar-refractivity contribution in [3.8, 4) is 0 Å². The summed E-state index contributed by atoms with van der Waals surface area (Å²) in [4.78, 5) is 0. The van der Waals surface area contributed by atoms with Gasteiger partial charge in [0.25, 0.3) is 0 Å². The van der Waals surface area contributed by atoms with Crippen molar-refractivity contribution in [3.63, 3.8) is 0 Å². The molecule has 0 aromatic heterocycles. The first-order valence-corrected chi connectivity index (χ1v) is 8.85. The number of unbranched alkanes of at least 4 members (excludes halogenated alkanes) is 1. The lowest BCUT2D eigenvalue weighted by Gasteiger charge is -2.47. The Morgan fingerprint density at radius 3 is 2.81 bits per heavy atom. The molecule has 2 bridgehead atoms. The van der Waals surface area contributed by atoms with Gasteiger partial charge in [-0.2, -0.15) is 0 Å². The van der Waals surface area contributed by atoms with Gasteiger partial charge in [-0.15, -0.1) is 14.5 Å². The number of hydrogen-bond donors (Lipinski definition) is 0. The third-order valence-corrected chi connectivity index (χ3v) is 8.44. The zero-order valence-electron chi connectivity index (χ0n) is 11.0. The summed E-state index contributed by atoms with van der Waals surface area (Å²) in [6.45, 7) is 8.87. The fraction of sp³-hybridized carbons (Fsp3) is 0.867. The molecule has 2 fully saturated rings. The summed E-state index contributed by atoms with van der Waals surface area (Å²) in [5.74, 6) is 3.14. The van der Waals surface area contributed by atoms with E-state index in [1.807, 2.05) is 0 Å². The summed E-state index contributed by atoms with van der Waals surface area (Å²) >= 11 is 0. The fourth-order valence-corrected chi connectivity index (χ4v) is 7.56. The van der Waals surface area contributed by atoms with E-state index in [-0.39, 0.29) is 0 Å². The van der Waals surface area contributed by atoms with E-state index < -0.39 is 0 Å². The predicted octanol–water partition coefficient (Wildman–Crippen LogP) is 4.89. The van der Waals surface area contributed by atoms with E-state index >= 15 is 0 Å². The van der Waals surface area contributed by atoms with E-state index in [0.29, 0.717) is 7.92 Å². The molecule has 2 rings (SSSR count). The minimum absolute atomic E-state index is 0.351. The van der Waals surface area contributed by atoms with E-state index in [1.165, 1.54) is 31.8 Å². The largest absolute Gasteiger partial charge is 0.103 e. The molecule has 1 heteroatoms. The van der Waals surface area contributed by atoms with Gasteiger partial charge in [-0.1, -0.05) is 19.9 Å².